The standard InChI is InChI=1S/C11H14F2O/c1-7(2)9-6-8(11(12)13)4-5-10(9)14-3/h4-7,11H,1-3H3. The van der Waals surface area contributed by atoms with Crippen LogP contribution in [0.1, 0.15) is 37.3 Å². The summed E-state index contributed by atoms with van der Waals surface area (Å²) in [4.78, 5) is 0. The second-order valence-corrected chi connectivity index (χ2v) is 3.46. The number of methoxy groups -OCH3 is 1. The lowest BCUT2D eigenvalue weighted by Crippen LogP contribution is -1.96. The highest BCUT2D eigenvalue weighted by molar-refractivity contribution is 5.39. The van der Waals surface area contributed by atoms with Crippen molar-refractivity contribution in [2.45, 2.75) is 26.2 Å². The topological polar surface area (TPSA) is 9.23 Å². The molecular weight excluding hydrogens is 186 g/mol. The van der Waals surface area contributed by atoms with Crippen LogP contribution in [0.15, 0.2) is 18.2 Å². The van der Waals surface area contributed by atoms with Crippen molar-refractivity contribution in [3.8, 4) is 5.75 Å². The molecule has 0 aliphatic carbocycles. The Morgan fingerprint density at radius 1 is 1.21 bits per heavy atom. The van der Waals surface area contributed by atoms with Gasteiger partial charge in [0.25, 0.3) is 6.43 Å². The van der Waals surface area contributed by atoms with Crippen LogP contribution in [0.3, 0.4) is 0 Å². The minimum atomic E-state index is -2.42. The van der Waals surface area contributed by atoms with Crippen LogP contribution in [-0.4, -0.2) is 7.11 Å². The van der Waals surface area contributed by atoms with Gasteiger partial charge in [-0.1, -0.05) is 13.8 Å². The summed E-state index contributed by atoms with van der Waals surface area (Å²) in [6.07, 6.45) is -2.42. The maximum atomic E-state index is 12.4. The Bertz CT molecular complexity index is 308. The molecule has 1 nitrogen and oxygen atoms in total. The highest BCUT2D eigenvalue weighted by Crippen LogP contribution is 2.30. The van der Waals surface area contributed by atoms with Crippen molar-refractivity contribution < 1.29 is 13.5 Å². The maximum Gasteiger partial charge on any atom is 0.263 e. The Kier molecular flexibility index (Phi) is 3.44. The van der Waals surface area contributed by atoms with E-state index in [1.54, 1.807) is 13.2 Å². The number of alkyl halides is 2. The van der Waals surface area contributed by atoms with Crippen LogP contribution < -0.4 is 4.74 Å². The molecule has 0 amide bonds. The maximum absolute atomic E-state index is 12.4. The molecule has 0 aromatic heterocycles. The fourth-order valence-electron chi connectivity index (χ4n) is 1.34. The number of rotatable bonds is 3. The first-order valence-corrected chi connectivity index (χ1v) is 4.52. The Morgan fingerprint density at radius 3 is 2.29 bits per heavy atom. The van der Waals surface area contributed by atoms with Gasteiger partial charge in [-0.15, -0.1) is 0 Å². The predicted octanol–water partition coefficient (Wildman–Crippen LogP) is 3.76. The lowest BCUT2D eigenvalue weighted by molar-refractivity contribution is 0.151. The zero-order valence-corrected chi connectivity index (χ0v) is 8.55. The SMILES string of the molecule is COc1ccc(C(F)F)cc1C(C)C. The molecule has 0 aliphatic heterocycles. The van der Waals surface area contributed by atoms with E-state index < -0.39 is 6.43 Å². The smallest absolute Gasteiger partial charge is 0.263 e. The van der Waals surface area contributed by atoms with E-state index in [1.165, 1.54) is 12.1 Å². The van der Waals surface area contributed by atoms with Crippen LogP contribution in [0.4, 0.5) is 8.78 Å². The molecule has 0 saturated heterocycles. The Hall–Kier alpha value is -1.12. The summed E-state index contributed by atoms with van der Waals surface area (Å²) in [5, 5.41) is 0. The van der Waals surface area contributed by atoms with Gasteiger partial charge in [0.05, 0.1) is 7.11 Å². The van der Waals surface area contributed by atoms with Crippen LogP contribution in [-0.2, 0) is 0 Å². The van der Waals surface area contributed by atoms with Crippen LogP contribution in [0.5, 0.6) is 5.75 Å². The summed E-state index contributed by atoms with van der Waals surface area (Å²) in [7, 11) is 1.54. The van der Waals surface area contributed by atoms with E-state index in [0.717, 1.165) is 5.56 Å². The number of hydrogen-bond acceptors (Lipinski definition) is 1. The quantitative estimate of drug-likeness (QED) is 0.721. The van der Waals surface area contributed by atoms with Crippen molar-refractivity contribution in [3.63, 3.8) is 0 Å². The zero-order valence-electron chi connectivity index (χ0n) is 8.55. The molecule has 0 atom stereocenters. The third kappa shape index (κ3) is 2.22. The summed E-state index contributed by atoms with van der Waals surface area (Å²) < 4.78 is 29.9. The summed E-state index contributed by atoms with van der Waals surface area (Å²) in [5.74, 6) is 0.855. The van der Waals surface area contributed by atoms with Crippen molar-refractivity contribution in [2.75, 3.05) is 7.11 Å². The first kappa shape index (κ1) is 11.0. The lowest BCUT2D eigenvalue weighted by atomic mass is 10.00. The second kappa shape index (κ2) is 4.40. The van der Waals surface area contributed by atoms with Crippen molar-refractivity contribution in [1.82, 2.24) is 0 Å². The summed E-state index contributed by atoms with van der Waals surface area (Å²) in [6.45, 7) is 3.90. The Morgan fingerprint density at radius 2 is 1.86 bits per heavy atom. The Labute approximate surface area is 82.7 Å². The summed E-state index contributed by atoms with van der Waals surface area (Å²) in [5.41, 5.74) is 0.875. The first-order valence-electron chi connectivity index (χ1n) is 4.52. The number of benzene rings is 1. The third-order valence-electron chi connectivity index (χ3n) is 2.13. The van der Waals surface area contributed by atoms with Gasteiger partial charge in [0.2, 0.25) is 0 Å². The molecule has 3 heteroatoms. The van der Waals surface area contributed by atoms with Crippen LogP contribution in [0.25, 0.3) is 0 Å². The number of halogens is 2. The zero-order chi connectivity index (χ0) is 10.7. The monoisotopic (exact) mass is 200 g/mol. The second-order valence-electron chi connectivity index (χ2n) is 3.46. The Balaban J connectivity index is 3.14. The van der Waals surface area contributed by atoms with E-state index in [1.807, 2.05) is 13.8 Å². The van der Waals surface area contributed by atoms with Gasteiger partial charge >= 0.3 is 0 Å². The van der Waals surface area contributed by atoms with Crippen molar-refractivity contribution in [3.05, 3.63) is 29.3 Å². The molecule has 0 aliphatic rings. The molecule has 0 saturated carbocycles. The molecule has 0 fully saturated rings. The fourth-order valence-corrected chi connectivity index (χ4v) is 1.34. The third-order valence-corrected chi connectivity index (χ3v) is 2.13. The van der Waals surface area contributed by atoms with Gasteiger partial charge in [0.15, 0.2) is 0 Å². The van der Waals surface area contributed by atoms with E-state index in [0.29, 0.717) is 5.75 Å². The van der Waals surface area contributed by atoms with Crippen LogP contribution in [0, 0.1) is 0 Å². The van der Waals surface area contributed by atoms with Gasteiger partial charge < -0.3 is 4.74 Å². The van der Waals surface area contributed by atoms with Gasteiger partial charge in [0, 0.05) is 5.56 Å². The summed E-state index contributed by atoms with van der Waals surface area (Å²) >= 11 is 0. The first-order chi connectivity index (χ1) is 6.56. The predicted molar refractivity (Wildman–Crippen MR) is 52.0 cm³/mol. The van der Waals surface area contributed by atoms with Gasteiger partial charge in [0.1, 0.15) is 5.75 Å². The van der Waals surface area contributed by atoms with Crippen molar-refractivity contribution in [1.29, 1.82) is 0 Å². The molecule has 0 N–H and O–H groups in total. The highest BCUT2D eigenvalue weighted by Gasteiger charge is 2.12. The van der Waals surface area contributed by atoms with E-state index in [2.05, 4.69) is 0 Å². The average Bonchev–Trinajstić information content (AvgIpc) is 2.16. The molecule has 14 heavy (non-hydrogen) atoms. The molecular formula is C11H14F2O. The van der Waals surface area contributed by atoms with Crippen molar-refractivity contribution in [2.24, 2.45) is 0 Å². The molecule has 0 radical (unpaired) electrons. The number of hydrogen-bond donors (Lipinski definition) is 0. The lowest BCUT2D eigenvalue weighted by Gasteiger charge is -2.13. The van der Waals surface area contributed by atoms with Crippen LogP contribution >= 0.6 is 0 Å². The van der Waals surface area contributed by atoms with Gasteiger partial charge in [-0.3, -0.25) is 0 Å². The molecule has 1 rings (SSSR count). The molecule has 0 bridgehead atoms. The fraction of sp³-hybridized carbons (Fsp3) is 0.455. The normalized spacial score (nSPS) is 11.1. The van der Waals surface area contributed by atoms with E-state index >= 15 is 0 Å². The molecule has 1 aromatic rings. The van der Waals surface area contributed by atoms with Gasteiger partial charge in [-0.2, -0.15) is 0 Å². The largest absolute Gasteiger partial charge is 0.496 e. The molecule has 0 unspecified atom stereocenters. The minimum Gasteiger partial charge on any atom is -0.496 e. The molecule has 0 heterocycles. The van der Waals surface area contributed by atoms with E-state index in [9.17, 15) is 8.78 Å². The van der Waals surface area contributed by atoms with Crippen molar-refractivity contribution >= 4 is 0 Å². The van der Waals surface area contributed by atoms with Crippen LogP contribution in [0.2, 0.25) is 0 Å². The van der Waals surface area contributed by atoms with Gasteiger partial charge in [-0.25, -0.2) is 8.78 Å². The average molecular weight is 200 g/mol. The number of ether oxygens (including phenoxy) is 1. The minimum absolute atomic E-state index is 0.0505. The van der Waals surface area contributed by atoms with E-state index in [-0.39, 0.29) is 11.5 Å². The molecule has 1 aromatic carbocycles. The van der Waals surface area contributed by atoms with E-state index in [4.69, 9.17) is 4.74 Å². The molecule has 0 spiro atoms. The summed E-state index contributed by atoms with van der Waals surface area (Å²) in [6, 6.07) is 4.50. The van der Waals surface area contributed by atoms with Gasteiger partial charge in [-0.05, 0) is 29.7 Å². The highest BCUT2D eigenvalue weighted by atomic mass is 19.3. The molecule has 78 valence electrons.